The number of guanidine groups is 1. The summed E-state index contributed by atoms with van der Waals surface area (Å²) in [5.74, 6) is 0.443. The van der Waals surface area contributed by atoms with Gasteiger partial charge in [-0.25, -0.2) is 9.78 Å². The lowest BCUT2D eigenvalue weighted by Gasteiger charge is -2.16. The van der Waals surface area contributed by atoms with Gasteiger partial charge in [-0.15, -0.1) is 35.3 Å². The molecule has 10 heteroatoms. The normalized spacial score (nSPS) is 14.6. The summed E-state index contributed by atoms with van der Waals surface area (Å²) in [7, 11) is 0. The van der Waals surface area contributed by atoms with Crippen LogP contribution in [-0.4, -0.2) is 48.6 Å². The van der Waals surface area contributed by atoms with Crippen molar-refractivity contribution >= 4 is 53.1 Å². The van der Waals surface area contributed by atoms with Gasteiger partial charge in [-0.2, -0.15) is 0 Å². The first-order chi connectivity index (χ1) is 13.4. The van der Waals surface area contributed by atoms with Gasteiger partial charge in [0, 0.05) is 25.6 Å². The molecular formula is C19H32IN5O3S. The number of nitrogens with zero attached hydrogens (tertiary/aromatic N) is 2. The number of carbonyl (C=O) groups excluding carboxylic acids is 2. The van der Waals surface area contributed by atoms with Crippen LogP contribution in [0.4, 0.5) is 0 Å². The maximum absolute atomic E-state index is 12.0. The monoisotopic (exact) mass is 537 g/mol. The Morgan fingerprint density at radius 3 is 2.69 bits per heavy atom. The zero-order chi connectivity index (χ0) is 20.5. The molecule has 1 aliphatic rings. The second kappa shape index (κ2) is 13.0. The van der Waals surface area contributed by atoms with Gasteiger partial charge in [0.1, 0.15) is 9.88 Å². The second-order valence-electron chi connectivity index (χ2n) is 6.76. The van der Waals surface area contributed by atoms with Crippen LogP contribution in [0.1, 0.15) is 72.9 Å². The Balaban J connectivity index is 0.00000420. The van der Waals surface area contributed by atoms with E-state index in [-0.39, 0.29) is 41.9 Å². The maximum atomic E-state index is 12.0. The van der Waals surface area contributed by atoms with E-state index in [4.69, 9.17) is 4.74 Å². The third-order valence-electron chi connectivity index (χ3n) is 4.12. The minimum Gasteiger partial charge on any atom is -0.462 e. The van der Waals surface area contributed by atoms with Crippen molar-refractivity contribution in [3.05, 3.63) is 15.6 Å². The van der Waals surface area contributed by atoms with Gasteiger partial charge < -0.3 is 20.7 Å². The van der Waals surface area contributed by atoms with E-state index in [1.54, 1.807) is 6.92 Å². The van der Waals surface area contributed by atoms with Gasteiger partial charge >= 0.3 is 5.97 Å². The number of thiazole rings is 1. The molecule has 0 aromatic carbocycles. The number of ether oxygens (including phenoxy) is 1. The van der Waals surface area contributed by atoms with Crippen LogP contribution in [0, 0.1) is 6.92 Å². The van der Waals surface area contributed by atoms with Crippen LogP contribution < -0.4 is 16.0 Å². The lowest BCUT2D eigenvalue weighted by molar-refractivity contribution is -0.121. The zero-order valence-electron chi connectivity index (χ0n) is 17.5. The largest absolute Gasteiger partial charge is 0.462 e. The van der Waals surface area contributed by atoms with Gasteiger partial charge in [0.2, 0.25) is 5.91 Å². The molecule has 1 saturated carbocycles. The number of rotatable bonds is 10. The van der Waals surface area contributed by atoms with Gasteiger partial charge in [-0.1, -0.05) is 0 Å². The Kier molecular flexibility index (Phi) is 11.5. The van der Waals surface area contributed by atoms with Crippen LogP contribution in [-0.2, 0) is 9.53 Å². The van der Waals surface area contributed by atoms with Gasteiger partial charge in [0.15, 0.2) is 5.96 Å². The number of aryl methyl sites for hydroxylation is 1. The number of hydrogen-bond acceptors (Lipinski definition) is 6. The second-order valence-corrected chi connectivity index (χ2v) is 7.79. The highest BCUT2D eigenvalue weighted by Crippen LogP contribution is 2.24. The maximum Gasteiger partial charge on any atom is 0.350 e. The summed E-state index contributed by atoms with van der Waals surface area (Å²) < 4.78 is 5.08. The summed E-state index contributed by atoms with van der Waals surface area (Å²) in [6.45, 7) is 9.20. The van der Waals surface area contributed by atoms with Crippen LogP contribution in [0.5, 0.6) is 0 Å². The predicted molar refractivity (Wildman–Crippen MR) is 126 cm³/mol. The smallest absolute Gasteiger partial charge is 0.350 e. The summed E-state index contributed by atoms with van der Waals surface area (Å²) >= 11 is 1.34. The molecule has 1 heterocycles. The molecule has 1 amide bonds. The molecule has 1 aliphatic carbocycles. The average Bonchev–Trinajstić information content (AvgIpc) is 3.37. The lowest BCUT2D eigenvalue weighted by atomic mass is 10.3. The van der Waals surface area contributed by atoms with E-state index in [1.807, 2.05) is 20.8 Å². The first-order valence-electron chi connectivity index (χ1n) is 9.93. The van der Waals surface area contributed by atoms with Gasteiger partial charge in [-0.3, -0.25) is 9.79 Å². The van der Waals surface area contributed by atoms with Crippen LogP contribution in [0.15, 0.2) is 4.99 Å². The summed E-state index contributed by atoms with van der Waals surface area (Å²) in [6.07, 6.45) is 3.39. The molecule has 0 saturated heterocycles. The molecule has 164 valence electrons. The quantitative estimate of drug-likeness (QED) is 0.139. The van der Waals surface area contributed by atoms with E-state index in [1.165, 1.54) is 11.3 Å². The molecule has 1 aromatic heterocycles. The molecule has 0 aliphatic heterocycles. The molecule has 0 spiro atoms. The molecule has 0 bridgehead atoms. The number of amides is 1. The van der Waals surface area contributed by atoms with Crippen LogP contribution in [0.3, 0.4) is 0 Å². The Hall–Kier alpha value is -1.43. The van der Waals surface area contributed by atoms with Crippen LogP contribution in [0.2, 0.25) is 0 Å². The minimum atomic E-state index is -0.332. The fourth-order valence-corrected chi connectivity index (χ4v) is 3.50. The topological polar surface area (TPSA) is 105 Å². The van der Waals surface area contributed by atoms with E-state index < -0.39 is 0 Å². The first-order valence-corrected chi connectivity index (χ1v) is 10.7. The lowest BCUT2D eigenvalue weighted by Crippen LogP contribution is -2.38. The minimum absolute atomic E-state index is 0. The molecule has 1 atom stereocenters. The van der Waals surface area contributed by atoms with Gasteiger partial charge in [-0.05, 0) is 47.0 Å². The highest BCUT2D eigenvalue weighted by molar-refractivity contribution is 14.0. The Labute approximate surface area is 193 Å². The van der Waals surface area contributed by atoms with Crippen molar-refractivity contribution in [2.24, 2.45) is 4.99 Å². The molecule has 29 heavy (non-hydrogen) atoms. The Morgan fingerprint density at radius 2 is 2.07 bits per heavy atom. The van der Waals surface area contributed by atoms with Gasteiger partial charge in [0.25, 0.3) is 0 Å². The van der Waals surface area contributed by atoms with Crippen molar-refractivity contribution in [2.45, 2.75) is 65.5 Å². The molecule has 8 nitrogen and oxygen atoms in total. The summed E-state index contributed by atoms with van der Waals surface area (Å²) in [4.78, 5) is 33.3. The highest BCUT2D eigenvalue weighted by atomic mass is 127. The first kappa shape index (κ1) is 25.6. The molecule has 1 aromatic rings. The Morgan fingerprint density at radius 1 is 1.34 bits per heavy atom. The van der Waals surface area contributed by atoms with Crippen molar-refractivity contribution in [3.8, 4) is 0 Å². The van der Waals surface area contributed by atoms with E-state index in [0.29, 0.717) is 48.6 Å². The number of aliphatic imine (C=N–C) groups is 1. The number of halogens is 1. The Bertz CT molecular complexity index is 706. The fourth-order valence-electron chi connectivity index (χ4n) is 2.53. The average molecular weight is 537 g/mol. The van der Waals surface area contributed by atoms with Crippen molar-refractivity contribution in [1.29, 1.82) is 0 Å². The number of carbonyl (C=O) groups is 2. The molecule has 2 rings (SSSR count). The van der Waals surface area contributed by atoms with Crippen molar-refractivity contribution < 1.29 is 14.3 Å². The van der Waals surface area contributed by atoms with Crippen molar-refractivity contribution in [1.82, 2.24) is 20.9 Å². The third-order valence-corrected chi connectivity index (χ3v) is 5.44. The fraction of sp³-hybridized carbons (Fsp3) is 0.684. The number of hydrogen-bond donors (Lipinski definition) is 3. The van der Waals surface area contributed by atoms with Crippen molar-refractivity contribution in [2.75, 3.05) is 19.7 Å². The SMILES string of the molecule is CCNC(=NCCCC(=O)NC1CC1)NC(C)c1nc(C)c(C(=O)OCC)s1.I. The summed E-state index contributed by atoms with van der Waals surface area (Å²) in [5, 5.41) is 10.3. The standard InChI is InChI=1S/C19H31N5O3S.HI/c1-5-20-19(21-11-7-8-15(25)24-14-9-10-14)23-13(4)17-22-12(3)16(28-17)18(26)27-6-2;/h13-14H,5-11H2,1-4H3,(H,24,25)(H2,20,21,23);1H. The summed E-state index contributed by atoms with van der Waals surface area (Å²) in [6, 6.07) is 0.292. The number of nitrogens with one attached hydrogen (secondary N) is 3. The van der Waals surface area contributed by atoms with E-state index >= 15 is 0 Å². The van der Waals surface area contributed by atoms with Gasteiger partial charge in [0.05, 0.1) is 18.3 Å². The highest BCUT2D eigenvalue weighted by Gasteiger charge is 2.23. The number of aromatic nitrogens is 1. The molecule has 3 N–H and O–H groups in total. The molecule has 1 unspecified atom stereocenters. The van der Waals surface area contributed by atoms with E-state index in [0.717, 1.165) is 24.4 Å². The van der Waals surface area contributed by atoms with E-state index in [2.05, 4.69) is 25.9 Å². The summed E-state index contributed by atoms with van der Waals surface area (Å²) in [5.41, 5.74) is 0.677. The number of esters is 1. The van der Waals surface area contributed by atoms with Crippen molar-refractivity contribution in [3.63, 3.8) is 0 Å². The van der Waals surface area contributed by atoms with E-state index in [9.17, 15) is 9.59 Å². The van der Waals surface area contributed by atoms with Crippen LogP contribution >= 0.6 is 35.3 Å². The molecule has 1 fully saturated rings. The molecule has 0 radical (unpaired) electrons. The van der Waals surface area contributed by atoms with Crippen LogP contribution in [0.25, 0.3) is 0 Å². The predicted octanol–water partition coefficient (Wildman–Crippen LogP) is 2.92. The molecular weight excluding hydrogens is 505 g/mol. The third kappa shape index (κ3) is 8.85. The zero-order valence-corrected chi connectivity index (χ0v) is 20.7.